The number of benzene rings is 2. The summed E-state index contributed by atoms with van der Waals surface area (Å²) >= 11 is 0. The number of piperidine rings is 1. The number of carbonyl (C=O) groups is 1. The van der Waals surface area contributed by atoms with Crippen LogP contribution < -0.4 is 14.8 Å². The summed E-state index contributed by atoms with van der Waals surface area (Å²) in [6.07, 6.45) is -2.08. The minimum Gasteiger partial charge on any atom is -0.493 e. The van der Waals surface area contributed by atoms with Crippen molar-refractivity contribution in [2.45, 2.75) is 50.8 Å². The minimum absolute atomic E-state index is 0.0907. The second-order valence-corrected chi connectivity index (χ2v) is 11.6. The van der Waals surface area contributed by atoms with E-state index in [4.69, 9.17) is 14.0 Å². The van der Waals surface area contributed by atoms with Crippen molar-refractivity contribution in [3.8, 4) is 22.6 Å². The fraction of sp³-hybridized carbons (Fsp3) is 0.406. The van der Waals surface area contributed by atoms with Gasteiger partial charge in [0.1, 0.15) is 17.8 Å². The first kappa shape index (κ1) is 32.2. The van der Waals surface area contributed by atoms with Gasteiger partial charge >= 0.3 is 6.18 Å². The van der Waals surface area contributed by atoms with E-state index in [0.29, 0.717) is 41.3 Å². The fourth-order valence-corrected chi connectivity index (χ4v) is 4.99. The predicted molar refractivity (Wildman–Crippen MR) is 159 cm³/mol. The molecule has 3 heterocycles. The molecule has 5 rings (SSSR count). The molecule has 0 saturated carbocycles. The van der Waals surface area contributed by atoms with Crippen molar-refractivity contribution in [3.63, 3.8) is 0 Å². The Hall–Kier alpha value is -4.23. The van der Waals surface area contributed by atoms with Crippen molar-refractivity contribution in [2.24, 2.45) is 0 Å². The topological polar surface area (TPSA) is 110 Å². The van der Waals surface area contributed by atoms with Gasteiger partial charge in [0.15, 0.2) is 23.1 Å². The molecule has 0 radical (unpaired) electrons. The van der Waals surface area contributed by atoms with E-state index >= 15 is 4.39 Å². The summed E-state index contributed by atoms with van der Waals surface area (Å²) in [4.78, 5) is 19.3. The third-order valence-electron chi connectivity index (χ3n) is 8.03. The van der Waals surface area contributed by atoms with Gasteiger partial charge in [-0.25, -0.2) is 4.39 Å². The molecule has 2 aromatic heterocycles. The number of alkyl halides is 3. The SMILES string of the molecule is COc1cc2ncc(-c3ccc(CC(=O)Nc4cc(C(C)(C)C(F)(F)F)on4)c(F)c3)cc2cc1OCCN1CCC(O)CC1. The summed E-state index contributed by atoms with van der Waals surface area (Å²) in [6.45, 7) is 4.67. The second-order valence-electron chi connectivity index (χ2n) is 11.6. The number of likely N-dealkylation sites (tertiary alicyclic amines) is 1. The molecule has 45 heavy (non-hydrogen) atoms. The van der Waals surface area contributed by atoms with E-state index in [1.54, 1.807) is 25.4 Å². The van der Waals surface area contributed by atoms with Crippen molar-refractivity contribution >= 4 is 22.6 Å². The van der Waals surface area contributed by atoms with Gasteiger partial charge in [0.05, 0.1) is 25.2 Å². The Morgan fingerprint density at radius 1 is 1.09 bits per heavy atom. The van der Waals surface area contributed by atoms with Crippen molar-refractivity contribution in [1.29, 1.82) is 0 Å². The van der Waals surface area contributed by atoms with Crippen LogP contribution in [0.5, 0.6) is 11.5 Å². The molecule has 1 fully saturated rings. The summed E-state index contributed by atoms with van der Waals surface area (Å²) in [6, 6.07) is 10.9. The molecule has 1 aliphatic rings. The van der Waals surface area contributed by atoms with E-state index in [-0.39, 0.29) is 23.9 Å². The largest absolute Gasteiger partial charge is 0.493 e. The molecule has 0 aliphatic carbocycles. The first-order valence-corrected chi connectivity index (χ1v) is 14.5. The number of aromatic nitrogens is 2. The van der Waals surface area contributed by atoms with Crippen molar-refractivity contribution in [1.82, 2.24) is 15.0 Å². The van der Waals surface area contributed by atoms with Crippen molar-refractivity contribution in [3.05, 3.63) is 65.8 Å². The van der Waals surface area contributed by atoms with Crippen LogP contribution in [0.1, 0.15) is 38.0 Å². The molecular formula is C32H34F4N4O5. The number of aliphatic hydroxyl groups excluding tert-OH is 1. The molecule has 2 aromatic carbocycles. The standard InChI is InChI=1S/C32H34F4N4O5/c1-31(2,32(34,35)36)28-17-29(39-45-28)38-30(42)15-20-5-4-19(13-24(20)33)22-12-21-14-27(26(43-3)16-25(21)37-18-22)44-11-10-40-8-6-23(41)7-9-40/h4-5,12-14,16-18,23,41H,6-11,15H2,1-3H3,(H,38,39,42). The molecule has 4 aromatic rings. The summed E-state index contributed by atoms with van der Waals surface area (Å²) in [7, 11) is 1.55. The van der Waals surface area contributed by atoms with Crippen LogP contribution in [0.25, 0.3) is 22.0 Å². The summed E-state index contributed by atoms with van der Waals surface area (Å²) in [5.41, 5.74) is -0.374. The Morgan fingerprint density at radius 3 is 2.53 bits per heavy atom. The zero-order chi connectivity index (χ0) is 32.4. The molecule has 13 heteroatoms. The fourth-order valence-electron chi connectivity index (χ4n) is 4.99. The number of ether oxygens (including phenoxy) is 2. The van der Waals surface area contributed by atoms with Crippen LogP contribution in [0.3, 0.4) is 0 Å². The Morgan fingerprint density at radius 2 is 1.84 bits per heavy atom. The lowest BCUT2D eigenvalue weighted by Gasteiger charge is -2.29. The van der Waals surface area contributed by atoms with Gasteiger partial charge in [-0.05, 0) is 56.0 Å². The van der Waals surface area contributed by atoms with Crippen LogP contribution >= 0.6 is 0 Å². The number of fused-ring (bicyclic) bond motifs is 1. The maximum atomic E-state index is 15.1. The number of halogens is 4. The average Bonchev–Trinajstić information content (AvgIpc) is 3.47. The lowest BCUT2D eigenvalue weighted by molar-refractivity contribution is -0.185. The molecular weight excluding hydrogens is 596 g/mol. The quantitative estimate of drug-likeness (QED) is 0.209. The highest BCUT2D eigenvalue weighted by molar-refractivity contribution is 5.91. The highest BCUT2D eigenvalue weighted by Crippen LogP contribution is 2.41. The molecule has 0 unspecified atom stereocenters. The average molecular weight is 631 g/mol. The van der Waals surface area contributed by atoms with E-state index in [1.165, 1.54) is 12.1 Å². The number of aliphatic hydroxyl groups is 1. The number of anilines is 1. The van der Waals surface area contributed by atoms with Crippen LogP contribution in [0.2, 0.25) is 0 Å². The number of amides is 1. The number of carbonyl (C=O) groups excluding carboxylic acids is 1. The summed E-state index contributed by atoms with van der Waals surface area (Å²) < 4.78 is 71.3. The number of pyridine rings is 1. The van der Waals surface area contributed by atoms with Gasteiger partial charge in [0.2, 0.25) is 5.91 Å². The van der Waals surface area contributed by atoms with Crippen LogP contribution in [0.15, 0.2) is 53.2 Å². The molecule has 240 valence electrons. The van der Waals surface area contributed by atoms with Gasteiger partial charge in [-0.2, -0.15) is 13.2 Å². The molecule has 1 aliphatic heterocycles. The molecule has 1 amide bonds. The Bertz CT molecular complexity index is 1670. The monoisotopic (exact) mass is 630 g/mol. The highest BCUT2D eigenvalue weighted by Gasteiger charge is 2.51. The van der Waals surface area contributed by atoms with E-state index in [2.05, 4.69) is 20.4 Å². The minimum atomic E-state index is -4.58. The van der Waals surface area contributed by atoms with Crippen LogP contribution in [0, 0.1) is 5.82 Å². The van der Waals surface area contributed by atoms with Gasteiger partial charge in [-0.15, -0.1) is 0 Å². The Labute approximate surface area is 257 Å². The molecule has 0 spiro atoms. The maximum absolute atomic E-state index is 15.1. The van der Waals surface area contributed by atoms with E-state index in [1.807, 2.05) is 12.1 Å². The zero-order valence-electron chi connectivity index (χ0n) is 25.1. The van der Waals surface area contributed by atoms with E-state index in [0.717, 1.165) is 51.2 Å². The number of rotatable bonds is 10. The molecule has 1 saturated heterocycles. The zero-order valence-corrected chi connectivity index (χ0v) is 25.1. The summed E-state index contributed by atoms with van der Waals surface area (Å²) in [5.74, 6) is -0.867. The van der Waals surface area contributed by atoms with E-state index < -0.39 is 29.1 Å². The number of methoxy groups -OCH3 is 1. The highest BCUT2D eigenvalue weighted by atomic mass is 19.4. The van der Waals surface area contributed by atoms with Crippen molar-refractivity contribution < 1.29 is 41.5 Å². The Balaban J connectivity index is 1.25. The van der Waals surface area contributed by atoms with E-state index in [9.17, 15) is 23.1 Å². The van der Waals surface area contributed by atoms with Gasteiger partial charge in [-0.1, -0.05) is 17.3 Å². The number of hydrogen-bond acceptors (Lipinski definition) is 8. The first-order valence-electron chi connectivity index (χ1n) is 14.5. The van der Waals surface area contributed by atoms with Crippen LogP contribution in [-0.2, 0) is 16.6 Å². The smallest absolute Gasteiger partial charge is 0.401 e. The Kier molecular flexibility index (Phi) is 9.31. The van der Waals surface area contributed by atoms with Crippen molar-refractivity contribution in [2.75, 3.05) is 38.7 Å². The molecule has 0 atom stereocenters. The second kappa shape index (κ2) is 13.0. The van der Waals surface area contributed by atoms with Crippen LogP contribution in [-0.4, -0.2) is 71.7 Å². The van der Waals surface area contributed by atoms with Gasteiger partial charge in [-0.3, -0.25) is 14.7 Å². The van der Waals surface area contributed by atoms with Gasteiger partial charge in [0, 0.05) is 48.9 Å². The lowest BCUT2D eigenvalue weighted by Crippen LogP contribution is -2.38. The molecule has 9 nitrogen and oxygen atoms in total. The predicted octanol–water partition coefficient (Wildman–Crippen LogP) is 5.89. The summed E-state index contributed by atoms with van der Waals surface area (Å²) in [5, 5.41) is 16.3. The molecule has 0 bridgehead atoms. The third kappa shape index (κ3) is 7.36. The first-order chi connectivity index (χ1) is 21.3. The molecule has 2 N–H and O–H groups in total. The van der Waals surface area contributed by atoms with Crippen LogP contribution in [0.4, 0.5) is 23.4 Å². The number of nitrogens with zero attached hydrogens (tertiary/aromatic N) is 3. The van der Waals surface area contributed by atoms with Gasteiger partial charge in [0.25, 0.3) is 0 Å². The third-order valence-corrected chi connectivity index (χ3v) is 8.03. The normalized spacial score (nSPS) is 14.9. The number of nitrogens with one attached hydrogen (secondary N) is 1. The maximum Gasteiger partial charge on any atom is 0.401 e. The van der Waals surface area contributed by atoms with Gasteiger partial charge < -0.3 is 24.4 Å². The number of hydrogen-bond donors (Lipinski definition) is 2. The lowest BCUT2D eigenvalue weighted by atomic mass is 9.89.